The molecule has 138 valence electrons. The third kappa shape index (κ3) is 3.91. The Labute approximate surface area is 153 Å². The minimum Gasteiger partial charge on any atom is -0.348 e. The highest BCUT2D eigenvalue weighted by Crippen LogP contribution is 2.22. The number of hydrogen-bond donors (Lipinski definition) is 1. The second kappa shape index (κ2) is 7.51. The van der Waals surface area contributed by atoms with E-state index in [1.54, 1.807) is 12.1 Å². The first-order valence-corrected chi connectivity index (χ1v) is 9.96. The molecule has 3 rings (SSSR count). The molecule has 0 bridgehead atoms. The molecule has 0 radical (unpaired) electrons. The molecule has 0 aliphatic carbocycles. The summed E-state index contributed by atoms with van der Waals surface area (Å²) in [6.45, 7) is 4.61. The highest BCUT2D eigenvalue weighted by molar-refractivity contribution is 7.89. The summed E-state index contributed by atoms with van der Waals surface area (Å²) in [4.78, 5) is 20.3. The van der Waals surface area contributed by atoms with E-state index < -0.39 is 10.0 Å². The molecule has 8 heteroatoms. The topological polar surface area (TPSA) is 92.3 Å². The lowest BCUT2D eigenvalue weighted by Gasteiger charge is -2.31. The first kappa shape index (κ1) is 18.5. The number of rotatable bonds is 4. The molecule has 1 fully saturated rings. The van der Waals surface area contributed by atoms with E-state index in [1.807, 2.05) is 19.9 Å². The van der Waals surface area contributed by atoms with Crippen LogP contribution in [0.2, 0.25) is 0 Å². The van der Waals surface area contributed by atoms with Crippen LogP contribution in [0.15, 0.2) is 41.7 Å². The van der Waals surface area contributed by atoms with Gasteiger partial charge in [0, 0.05) is 31.5 Å². The Morgan fingerprint density at radius 3 is 2.50 bits per heavy atom. The molecule has 7 nitrogen and oxygen atoms in total. The first-order chi connectivity index (χ1) is 12.4. The van der Waals surface area contributed by atoms with Gasteiger partial charge >= 0.3 is 0 Å². The van der Waals surface area contributed by atoms with Gasteiger partial charge in [-0.1, -0.05) is 6.07 Å². The number of aromatic nitrogens is 2. The zero-order chi connectivity index (χ0) is 18.7. The zero-order valence-electron chi connectivity index (χ0n) is 14.8. The van der Waals surface area contributed by atoms with Gasteiger partial charge in [-0.3, -0.25) is 9.78 Å². The first-order valence-electron chi connectivity index (χ1n) is 8.52. The number of carbonyl (C=O) groups excluding carboxylic acids is 1. The van der Waals surface area contributed by atoms with Gasteiger partial charge in [0.25, 0.3) is 5.91 Å². The van der Waals surface area contributed by atoms with Crippen molar-refractivity contribution in [1.29, 1.82) is 0 Å². The van der Waals surface area contributed by atoms with Crippen LogP contribution in [0.25, 0.3) is 0 Å². The Bertz CT molecular complexity index is 892. The number of amides is 1. The van der Waals surface area contributed by atoms with Crippen LogP contribution >= 0.6 is 0 Å². The van der Waals surface area contributed by atoms with Crippen LogP contribution in [0.3, 0.4) is 0 Å². The molecule has 2 heterocycles. The molecule has 1 aliphatic heterocycles. The second-order valence-electron chi connectivity index (χ2n) is 6.49. The summed E-state index contributed by atoms with van der Waals surface area (Å²) in [5, 5.41) is 2.90. The van der Waals surface area contributed by atoms with E-state index in [2.05, 4.69) is 15.3 Å². The lowest BCUT2D eigenvalue weighted by Crippen LogP contribution is -2.46. The number of piperidine rings is 1. The smallest absolute Gasteiger partial charge is 0.271 e. The van der Waals surface area contributed by atoms with Gasteiger partial charge in [0.15, 0.2) is 0 Å². The van der Waals surface area contributed by atoms with Gasteiger partial charge in [-0.05, 0) is 49.9 Å². The summed E-state index contributed by atoms with van der Waals surface area (Å²) in [7, 11) is -3.51. The molecule has 1 amide bonds. The monoisotopic (exact) mass is 374 g/mol. The Kier molecular flexibility index (Phi) is 5.33. The molecule has 0 saturated carbocycles. The van der Waals surface area contributed by atoms with Gasteiger partial charge in [-0.25, -0.2) is 13.4 Å². The van der Waals surface area contributed by atoms with Crippen LogP contribution in [-0.2, 0) is 10.0 Å². The average Bonchev–Trinajstić information content (AvgIpc) is 2.65. The van der Waals surface area contributed by atoms with Gasteiger partial charge in [0.1, 0.15) is 5.69 Å². The van der Waals surface area contributed by atoms with E-state index in [0.717, 1.165) is 11.1 Å². The molecule has 1 N–H and O–H groups in total. The molecule has 1 saturated heterocycles. The van der Waals surface area contributed by atoms with Gasteiger partial charge in [-0.15, -0.1) is 0 Å². The van der Waals surface area contributed by atoms with Gasteiger partial charge in [0.05, 0.1) is 11.1 Å². The van der Waals surface area contributed by atoms with E-state index in [9.17, 15) is 13.2 Å². The molecule has 1 aromatic carbocycles. The summed E-state index contributed by atoms with van der Waals surface area (Å²) in [6, 6.07) is 5.12. The van der Waals surface area contributed by atoms with Crippen molar-refractivity contribution in [2.75, 3.05) is 13.1 Å². The maximum absolute atomic E-state index is 12.8. The van der Waals surface area contributed by atoms with Crippen LogP contribution < -0.4 is 5.32 Å². The molecule has 26 heavy (non-hydrogen) atoms. The molecule has 0 spiro atoms. The number of hydrogen-bond acceptors (Lipinski definition) is 5. The largest absolute Gasteiger partial charge is 0.348 e. The second-order valence-corrected chi connectivity index (χ2v) is 8.43. The normalized spacial score (nSPS) is 16.4. The molecule has 0 atom stereocenters. The Morgan fingerprint density at radius 2 is 1.88 bits per heavy atom. The standard InChI is InChI=1S/C18H22N4O3S/c1-13-3-4-16(11-14(13)2)26(24,25)22-9-5-15(6-10-22)21-18(23)17-12-19-7-8-20-17/h3-4,7-8,11-12,15H,5-6,9-10H2,1-2H3,(H,21,23). The van der Waals surface area contributed by atoms with Crippen LogP contribution in [0.4, 0.5) is 0 Å². The summed E-state index contributed by atoms with van der Waals surface area (Å²) < 4.78 is 27.1. The number of sulfonamides is 1. The van der Waals surface area contributed by atoms with Crippen molar-refractivity contribution < 1.29 is 13.2 Å². The van der Waals surface area contributed by atoms with E-state index >= 15 is 0 Å². The molecular formula is C18H22N4O3S. The third-order valence-electron chi connectivity index (χ3n) is 4.70. The maximum Gasteiger partial charge on any atom is 0.271 e. The molecular weight excluding hydrogens is 352 g/mol. The summed E-state index contributed by atoms with van der Waals surface area (Å²) >= 11 is 0. The number of aryl methyl sites for hydroxylation is 2. The number of carbonyl (C=O) groups is 1. The summed E-state index contributed by atoms with van der Waals surface area (Å²) in [5.74, 6) is -0.284. The minimum atomic E-state index is -3.51. The Morgan fingerprint density at radius 1 is 1.15 bits per heavy atom. The summed E-state index contributed by atoms with van der Waals surface area (Å²) in [5.41, 5.74) is 2.28. The lowest BCUT2D eigenvalue weighted by atomic mass is 10.1. The maximum atomic E-state index is 12.8. The van der Waals surface area contributed by atoms with Crippen molar-refractivity contribution in [3.8, 4) is 0 Å². The fourth-order valence-corrected chi connectivity index (χ4v) is 4.50. The molecule has 0 unspecified atom stereocenters. The van der Waals surface area contributed by atoms with Crippen LogP contribution in [0, 0.1) is 13.8 Å². The zero-order valence-corrected chi connectivity index (χ0v) is 15.7. The average molecular weight is 374 g/mol. The van der Waals surface area contributed by atoms with E-state index in [0.29, 0.717) is 30.8 Å². The van der Waals surface area contributed by atoms with Gasteiger partial charge < -0.3 is 5.32 Å². The highest BCUT2D eigenvalue weighted by atomic mass is 32.2. The minimum absolute atomic E-state index is 0.0734. The predicted octanol–water partition coefficient (Wildman–Crippen LogP) is 1.68. The Hall–Kier alpha value is -2.32. The highest BCUT2D eigenvalue weighted by Gasteiger charge is 2.30. The van der Waals surface area contributed by atoms with E-state index in [1.165, 1.54) is 22.9 Å². The summed E-state index contributed by atoms with van der Waals surface area (Å²) in [6.07, 6.45) is 5.52. The fraction of sp³-hybridized carbons (Fsp3) is 0.389. The molecule has 1 aliphatic rings. The predicted molar refractivity (Wildman–Crippen MR) is 97.2 cm³/mol. The van der Waals surface area contributed by atoms with Crippen LogP contribution in [0.1, 0.15) is 34.5 Å². The lowest BCUT2D eigenvalue weighted by molar-refractivity contribution is 0.0918. The van der Waals surface area contributed by atoms with Gasteiger partial charge in [-0.2, -0.15) is 4.31 Å². The van der Waals surface area contributed by atoms with E-state index in [4.69, 9.17) is 0 Å². The molecule has 2 aromatic rings. The Balaban J connectivity index is 1.62. The van der Waals surface area contributed by atoms with Gasteiger partial charge in [0.2, 0.25) is 10.0 Å². The quantitative estimate of drug-likeness (QED) is 0.879. The van der Waals surface area contributed by atoms with Crippen LogP contribution in [-0.4, -0.2) is 47.7 Å². The van der Waals surface area contributed by atoms with Crippen molar-refractivity contribution in [3.05, 3.63) is 53.6 Å². The van der Waals surface area contributed by atoms with Crippen molar-refractivity contribution in [3.63, 3.8) is 0 Å². The van der Waals surface area contributed by atoms with Crippen molar-refractivity contribution in [2.45, 2.75) is 37.6 Å². The molecule has 1 aromatic heterocycles. The fourth-order valence-electron chi connectivity index (χ4n) is 2.94. The van der Waals surface area contributed by atoms with E-state index in [-0.39, 0.29) is 17.6 Å². The number of nitrogens with zero attached hydrogens (tertiary/aromatic N) is 3. The van der Waals surface area contributed by atoms with Crippen molar-refractivity contribution in [1.82, 2.24) is 19.6 Å². The van der Waals surface area contributed by atoms with Crippen molar-refractivity contribution >= 4 is 15.9 Å². The van der Waals surface area contributed by atoms with Crippen LogP contribution in [0.5, 0.6) is 0 Å². The number of benzene rings is 1. The number of nitrogens with one attached hydrogen (secondary N) is 1. The van der Waals surface area contributed by atoms with Crippen molar-refractivity contribution in [2.24, 2.45) is 0 Å². The third-order valence-corrected chi connectivity index (χ3v) is 6.60. The SMILES string of the molecule is Cc1ccc(S(=O)(=O)N2CCC(NC(=O)c3cnccn3)CC2)cc1C.